The minimum atomic E-state index is -0.532. The molecule has 33 heavy (non-hydrogen) atoms. The highest BCUT2D eigenvalue weighted by molar-refractivity contribution is 6.06. The topological polar surface area (TPSA) is 96.3 Å². The van der Waals surface area contributed by atoms with Gasteiger partial charge in [-0.15, -0.1) is 0 Å². The molecule has 0 saturated carbocycles. The molecule has 1 aromatic heterocycles. The zero-order valence-corrected chi connectivity index (χ0v) is 18.6. The molecule has 0 aliphatic carbocycles. The van der Waals surface area contributed by atoms with Crippen molar-refractivity contribution in [1.82, 2.24) is 4.98 Å². The summed E-state index contributed by atoms with van der Waals surface area (Å²) in [5.41, 5.74) is 4.38. The molecule has 166 valence electrons. The normalized spacial score (nSPS) is 10.9. The Morgan fingerprint density at radius 1 is 0.970 bits per heavy atom. The van der Waals surface area contributed by atoms with Crippen molar-refractivity contribution in [2.45, 2.75) is 27.3 Å². The van der Waals surface area contributed by atoms with E-state index >= 15 is 0 Å². The smallest absolute Gasteiger partial charge is 0.270 e. The van der Waals surface area contributed by atoms with Crippen molar-refractivity contribution in [2.24, 2.45) is 0 Å². The van der Waals surface area contributed by atoms with E-state index in [9.17, 15) is 19.7 Å². The standard InChI is InChI=1S/C26H23N3O4/c1-16-8-10-23-20(11-16)13-21(25(30)27-23)15-28(24-12-17(2)7-9-18(24)3)26(31)19-5-4-6-22(14-19)29(32)33/h4-14H,15H2,1-3H3,(H,27,30). The first-order chi connectivity index (χ1) is 15.7. The summed E-state index contributed by atoms with van der Waals surface area (Å²) in [5.74, 6) is -0.420. The van der Waals surface area contributed by atoms with Gasteiger partial charge in [0.2, 0.25) is 0 Å². The van der Waals surface area contributed by atoms with E-state index in [2.05, 4.69) is 4.98 Å². The molecular weight excluding hydrogens is 418 g/mol. The Bertz CT molecular complexity index is 1460. The molecule has 0 radical (unpaired) electrons. The molecule has 1 heterocycles. The SMILES string of the molecule is Cc1ccc(C)c(N(Cc2cc3cc(C)ccc3[nH]c2=O)C(=O)c2cccc([N+](=O)[O-])c2)c1. The van der Waals surface area contributed by atoms with Gasteiger partial charge in [0.15, 0.2) is 0 Å². The predicted octanol–water partition coefficient (Wildman–Crippen LogP) is 5.21. The second-order valence-electron chi connectivity index (χ2n) is 8.20. The molecule has 0 atom stereocenters. The van der Waals surface area contributed by atoms with Crippen LogP contribution in [0.15, 0.2) is 71.5 Å². The van der Waals surface area contributed by atoms with Crippen molar-refractivity contribution < 1.29 is 9.72 Å². The number of nitro benzene ring substituents is 1. The molecule has 7 heteroatoms. The Hall–Kier alpha value is -4.26. The van der Waals surface area contributed by atoms with E-state index < -0.39 is 10.8 Å². The number of aromatic amines is 1. The molecule has 1 amide bonds. The summed E-state index contributed by atoms with van der Waals surface area (Å²) in [6.07, 6.45) is 0. The van der Waals surface area contributed by atoms with Crippen LogP contribution < -0.4 is 10.5 Å². The van der Waals surface area contributed by atoms with Crippen LogP contribution in [-0.4, -0.2) is 15.8 Å². The fraction of sp³-hybridized carbons (Fsp3) is 0.154. The van der Waals surface area contributed by atoms with Crippen molar-refractivity contribution in [3.8, 4) is 0 Å². The second-order valence-corrected chi connectivity index (χ2v) is 8.20. The molecule has 0 aliphatic rings. The van der Waals surface area contributed by atoms with Gasteiger partial charge in [-0.25, -0.2) is 0 Å². The third-order valence-electron chi connectivity index (χ3n) is 5.61. The van der Waals surface area contributed by atoms with Crippen LogP contribution in [0.1, 0.15) is 32.6 Å². The number of anilines is 1. The third-order valence-corrected chi connectivity index (χ3v) is 5.61. The summed E-state index contributed by atoms with van der Waals surface area (Å²) in [7, 11) is 0. The van der Waals surface area contributed by atoms with Crippen LogP contribution in [0.2, 0.25) is 0 Å². The number of H-pyrrole nitrogens is 1. The molecule has 4 aromatic rings. The minimum Gasteiger partial charge on any atom is -0.322 e. The van der Waals surface area contributed by atoms with Gasteiger partial charge in [-0.3, -0.25) is 19.7 Å². The van der Waals surface area contributed by atoms with Crippen LogP contribution in [-0.2, 0) is 6.54 Å². The molecular formula is C26H23N3O4. The van der Waals surface area contributed by atoms with E-state index in [4.69, 9.17) is 0 Å². The first kappa shape index (κ1) is 22.0. The van der Waals surface area contributed by atoms with E-state index in [0.717, 1.165) is 27.6 Å². The monoisotopic (exact) mass is 441 g/mol. The summed E-state index contributed by atoms with van der Waals surface area (Å²) in [4.78, 5) is 41.6. The lowest BCUT2D eigenvalue weighted by Gasteiger charge is -2.25. The van der Waals surface area contributed by atoms with Crippen LogP contribution in [0.25, 0.3) is 10.9 Å². The summed E-state index contributed by atoms with van der Waals surface area (Å²) in [6, 6.07) is 18.9. The zero-order valence-electron chi connectivity index (χ0n) is 18.6. The lowest BCUT2D eigenvalue weighted by Crippen LogP contribution is -2.33. The van der Waals surface area contributed by atoms with Gasteiger partial charge >= 0.3 is 0 Å². The number of nitrogens with one attached hydrogen (secondary N) is 1. The summed E-state index contributed by atoms with van der Waals surface area (Å²) in [5, 5.41) is 12.1. The maximum absolute atomic E-state index is 13.6. The highest BCUT2D eigenvalue weighted by Crippen LogP contribution is 2.26. The van der Waals surface area contributed by atoms with Gasteiger partial charge in [-0.2, -0.15) is 0 Å². The van der Waals surface area contributed by atoms with Gasteiger partial charge in [0, 0.05) is 34.5 Å². The van der Waals surface area contributed by atoms with E-state index in [1.807, 2.05) is 57.2 Å². The van der Waals surface area contributed by atoms with E-state index in [1.54, 1.807) is 12.1 Å². The number of fused-ring (bicyclic) bond motifs is 1. The summed E-state index contributed by atoms with van der Waals surface area (Å²) in [6.45, 7) is 5.80. The number of nitrogens with zero attached hydrogens (tertiary/aromatic N) is 2. The largest absolute Gasteiger partial charge is 0.322 e. The van der Waals surface area contributed by atoms with E-state index in [0.29, 0.717) is 11.3 Å². The van der Waals surface area contributed by atoms with Gasteiger partial charge < -0.3 is 9.88 Å². The molecule has 3 aromatic carbocycles. The minimum absolute atomic E-state index is 0.0189. The van der Waals surface area contributed by atoms with Crippen molar-refractivity contribution in [1.29, 1.82) is 0 Å². The number of hydrogen-bond donors (Lipinski definition) is 1. The molecule has 0 aliphatic heterocycles. The lowest BCUT2D eigenvalue weighted by atomic mass is 10.1. The Morgan fingerprint density at radius 2 is 1.70 bits per heavy atom. The van der Waals surface area contributed by atoms with Crippen LogP contribution in [0.3, 0.4) is 0 Å². The Labute approximate surface area is 190 Å². The maximum Gasteiger partial charge on any atom is 0.270 e. The number of benzene rings is 3. The fourth-order valence-corrected chi connectivity index (χ4v) is 3.84. The number of aromatic nitrogens is 1. The lowest BCUT2D eigenvalue weighted by molar-refractivity contribution is -0.384. The number of hydrogen-bond acceptors (Lipinski definition) is 4. The van der Waals surface area contributed by atoms with Gasteiger partial charge in [0.1, 0.15) is 0 Å². The Morgan fingerprint density at radius 3 is 2.45 bits per heavy atom. The predicted molar refractivity (Wildman–Crippen MR) is 129 cm³/mol. The number of non-ortho nitro benzene ring substituents is 1. The quantitative estimate of drug-likeness (QED) is 0.340. The number of rotatable bonds is 5. The van der Waals surface area contributed by atoms with Gasteiger partial charge in [0.05, 0.1) is 11.5 Å². The first-order valence-electron chi connectivity index (χ1n) is 10.5. The number of carbonyl (C=O) groups excluding carboxylic acids is 1. The van der Waals surface area contributed by atoms with Gasteiger partial charge in [-0.05, 0) is 67.6 Å². The van der Waals surface area contributed by atoms with Crippen LogP contribution >= 0.6 is 0 Å². The number of carbonyl (C=O) groups is 1. The van der Waals surface area contributed by atoms with Crippen molar-refractivity contribution in [3.05, 3.63) is 115 Å². The Kier molecular flexibility index (Phi) is 5.79. The molecule has 0 spiro atoms. The average Bonchev–Trinajstić information content (AvgIpc) is 2.79. The number of amides is 1. The van der Waals surface area contributed by atoms with Crippen LogP contribution in [0, 0.1) is 30.9 Å². The average molecular weight is 441 g/mol. The Balaban J connectivity index is 1.84. The number of aryl methyl sites for hydroxylation is 3. The molecule has 1 N–H and O–H groups in total. The second kappa shape index (κ2) is 8.70. The molecule has 4 rings (SSSR count). The molecule has 7 nitrogen and oxygen atoms in total. The van der Waals surface area contributed by atoms with E-state index in [1.165, 1.54) is 23.1 Å². The fourth-order valence-electron chi connectivity index (χ4n) is 3.84. The maximum atomic E-state index is 13.6. The molecule has 0 fully saturated rings. The van der Waals surface area contributed by atoms with E-state index in [-0.39, 0.29) is 23.4 Å². The van der Waals surface area contributed by atoms with Crippen LogP contribution in [0.5, 0.6) is 0 Å². The highest BCUT2D eigenvalue weighted by atomic mass is 16.6. The van der Waals surface area contributed by atoms with Gasteiger partial charge in [0.25, 0.3) is 17.2 Å². The number of pyridine rings is 1. The zero-order chi connectivity index (χ0) is 23.7. The molecule has 0 bridgehead atoms. The highest BCUT2D eigenvalue weighted by Gasteiger charge is 2.23. The van der Waals surface area contributed by atoms with Crippen LogP contribution in [0.4, 0.5) is 11.4 Å². The van der Waals surface area contributed by atoms with Crippen molar-refractivity contribution >= 4 is 28.2 Å². The van der Waals surface area contributed by atoms with Gasteiger partial charge in [-0.1, -0.05) is 29.8 Å². The summed E-state index contributed by atoms with van der Waals surface area (Å²) < 4.78 is 0. The molecule has 0 saturated heterocycles. The molecule has 0 unspecified atom stereocenters. The van der Waals surface area contributed by atoms with Crippen molar-refractivity contribution in [3.63, 3.8) is 0 Å². The van der Waals surface area contributed by atoms with Crippen molar-refractivity contribution in [2.75, 3.05) is 4.90 Å². The number of nitro groups is 1. The first-order valence-corrected chi connectivity index (χ1v) is 10.5. The summed E-state index contributed by atoms with van der Waals surface area (Å²) >= 11 is 0. The third kappa shape index (κ3) is 4.52.